The average Bonchev–Trinajstić information content (AvgIpc) is 2.87. The number of nitrogens with one attached hydrogen (secondary N) is 1. The van der Waals surface area contributed by atoms with Gasteiger partial charge in [0.15, 0.2) is 0 Å². The summed E-state index contributed by atoms with van der Waals surface area (Å²) >= 11 is 0. The third-order valence-corrected chi connectivity index (χ3v) is 3.24. The average molecular weight is 274 g/mol. The Morgan fingerprint density at radius 2 is 2.30 bits per heavy atom. The molecule has 2 heterocycles. The number of hydrogen-bond acceptors (Lipinski definition) is 4. The van der Waals surface area contributed by atoms with Crippen molar-refractivity contribution in [1.29, 1.82) is 0 Å². The molecule has 1 N–H and O–H groups in total. The molecule has 5 heteroatoms. The highest BCUT2D eigenvalue weighted by molar-refractivity contribution is 5.43. The van der Waals surface area contributed by atoms with Crippen molar-refractivity contribution < 1.29 is 13.9 Å². The van der Waals surface area contributed by atoms with Gasteiger partial charge in [0.1, 0.15) is 17.7 Å². The number of anilines is 1. The molecule has 104 valence electrons. The molecule has 1 aliphatic rings. The van der Waals surface area contributed by atoms with Crippen LogP contribution >= 0.6 is 0 Å². The minimum absolute atomic E-state index is 0.00824. The van der Waals surface area contributed by atoms with Crippen molar-refractivity contribution in [3.63, 3.8) is 0 Å². The monoisotopic (exact) mass is 274 g/mol. The van der Waals surface area contributed by atoms with Crippen molar-refractivity contribution in [2.45, 2.75) is 12.5 Å². The lowest BCUT2D eigenvalue weighted by Crippen LogP contribution is -2.23. The van der Waals surface area contributed by atoms with Crippen LogP contribution in [0.2, 0.25) is 0 Å². The summed E-state index contributed by atoms with van der Waals surface area (Å²) in [4.78, 5) is 4.12. The quantitative estimate of drug-likeness (QED) is 0.930. The Kier molecular flexibility index (Phi) is 3.41. The van der Waals surface area contributed by atoms with Gasteiger partial charge in [-0.15, -0.1) is 0 Å². The molecule has 0 radical (unpaired) electrons. The number of methoxy groups -OCH3 is 1. The second kappa shape index (κ2) is 5.36. The Morgan fingerprint density at radius 3 is 3.05 bits per heavy atom. The largest absolute Gasteiger partial charge is 0.488 e. The first-order chi connectivity index (χ1) is 9.74. The fourth-order valence-corrected chi connectivity index (χ4v) is 2.24. The second-order valence-electron chi connectivity index (χ2n) is 4.67. The lowest BCUT2D eigenvalue weighted by atomic mass is 10.1. The van der Waals surface area contributed by atoms with Crippen LogP contribution in [0.4, 0.5) is 10.1 Å². The summed E-state index contributed by atoms with van der Waals surface area (Å²) in [5.74, 6) is 1.13. The van der Waals surface area contributed by atoms with Crippen LogP contribution in [0, 0.1) is 5.82 Å². The number of rotatable bonds is 4. The molecule has 0 bridgehead atoms. The van der Waals surface area contributed by atoms with Crippen LogP contribution in [0.3, 0.4) is 0 Å². The van der Waals surface area contributed by atoms with E-state index < -0.39 is 0 Å². The molecule has 0 spiro atoms. The zero-order chi connectivity index (χ0) is 13.9. The standard InChI is InChI=1S/C15H15FN2O2/c1-19-15-5-3-12(8-18-15)17-9-13-7-10-6-11(16)2-4-14(10)20-13/h2-6,8,13,17H,7,9H2,1H3. The molecule has 1 aromatic heterocycles. The van der Waals surface area contributed by atoms with Crippen LogP contribution in [-0.4, -0.2) is 24.7 Å². The molecular weight excluding hydrogens is 259 g/mol. The van der Waals surface area contributed by atoms with Gasteiger partial charge in [-0.1, -0.05) is 0 Å². The van der Waals surface area contributed by atoms with Crippen molar-refractivity contribution in [3.8, 4) is 11.6 Å². The SMILES string of the molecule is COc1ccc(NCC2Cc3cc(F)ccc3O2)cn1. The molecule has 0 aliphatic carbocycles. The first-order valence-corrected chi connectivity index (χ1v) is 6.43. The van der Waals surface area contributed by atoms with Gasteiger partial charge < -0.3 is 14.8 Å². The van der Waals surface area contributed by atoms with Crippen LogP contribution in [0.5, 0.6) is 11.6 Å². The Bertz CT molecular complexity index is 601. The fourth-order valence-electron chi connectivity index (χ4n) is 2.24. The lowest BCUT2D eigenvalue weighted by molar-refractivity contribution is 0.246. The molecule has 4 nitrogen and oxygen atoms in total. The number of pyridine rings is 1. The molecule has 1 unspecified atom stereocenters. The molecular formula is C15H15FN2O2. The Morgan fingerprint density at radius 1 is 1.40 bits per heavy atom. The minimum atomic E-state index is -0.222. The van der Waals surface area contributed by atoms with Crippen LogP contribution < -0.4 is 14.8 Å². The van der Waals surface area contributed by atoms with Gasteiger partial charge in [0, 0.05) is 18.1 Å². The van der Waals surface area contributed by atoms with E-state index in [1.54, 1.807) is 25.4 Å². The molecule has 0 amide bonds. The van der Waals surface area contributed by atoms with Gasteiger partial charge in [-0.25, -0.2) is 9.37 Å². The summed E-state index contributed by atoms with van der Waals surface area (Å²) in [7, 11) is 1.58. The van der Waals surface area contributed by atoms with Crippen molar-refractivity contribution in [2.24, 2.45) is 0 Å². The van der Waals surface area contributed by atoms with E-state index in [1.165, 1.54) is 12.1 Å². The number of hydrogen-bond donors (Lipinski definition) is 1. The highest BCUT2D eigenvalue weighted by Gasteiger charge is 2.22. The van der Waals surface area contributed by atoms with Crippen molar-refractivity contribution in [2.75, 3.05) is 19.0 Å². The van der Waals surface area contributed by atoms with Crippen molar-refractivity contribution in [1.82, 2.24) is 4.98 Å². The zero-order valence-corrected chi connectivity index (χ0v) is 11.1. The number of fused-ring (bicyclic) bond motifs is 1. The third-order valence-electron chi connectivity index (χ3n) is 3.24. The second-order valence-corrected chi connectivity index (χ2v) is 4.67. The maximum atomic E-state index is 13.1. The smallest absolute Gasteiger partial charge is 0.213 e. The maximum absolute atomic E-state index is 13.1. The molecule has 2 aromatic rings. The molecule has 3 rings (SSSR count). The van der Waals surface area contributed by atoms with E-state index in [-0.39, 0.29) is 11.9 Å². The number of ether oxygens (including phenoxy) is 2. The Hall–Kier alpha value is -2.30. The van der Waals surface area contributed by atoms with Crippen LogP contribution in [0.25, 0.3) is 0 Å². The highest BCUT2D eigenvalue weighted by atomic mass is 19.1. The first kappa shape index (κ1) is 12.7. The molecule has 1 aliphatic heterocycles. The van der Waals surface area contributed by atoms with E-state index in [0.29, 0.717) is 18.8 Å². The minimum Gasteiger partial charge on any atom is -0.488 e. The first-order valence-electron chi connectivity index (χ1n) is 6.43. The summed E-state index contributed by atoms with van der Waals surface area (Å²) in [6.45, 7) is 0.643. The van der Waals surface area contributed by atoms with E-state index in [1.807, 2.05) is 6.07 Å². The fraction of sp³-hybridized carbons (Fsp3) is 0.267. The van der Waals surface area contributed by atoms with Gasteiger partial charge in [-0.3, -0.25) is 0 Å². The van der Waals surface area contributed by atoms with Crippen molar-refractivity contribution >= 4 is 5.69 Å². The van der Waals surface area contributed by atoms with Crippen LogP contribution in [0.1, 0.15) is 5.56 Å². The predicted molar refractivity (Wildman–Crippen MR) is 73.8 cm³/mol. The third kappa shape index (κ3) is 2.66. The highest BCUT2D eigenvalue weighted by Crippen LogP contribution is 2.29. The normalized spacial score (nSPS) is 16.4. The summed E-state index contributed by atoms with van der Waals surface area (Å²) < 4.78 is 23.9. The number of nitrogens with zero attached hydrogens (tertiary/aromatic N) is 1. The van der Waals surface area contributed by atoms with Gasteiger partial charge in [-0.05, 0) is 24.3 Å². The predicted octanol–water partition coefficient (Wildman–Crippen LogP) is 2.64. The lowest BCUT2D eigenvalue weighted by Gasteiger charge is -2.12. The van der Waals surface area contributed by atoms with Crippen LogP contribution in [-0.2, 0) is 6.42 Å². The molecule has 1 atom stereocenters. The van der Waals surface area contributed by atoms with E-state index in [4.69, 9.17) is 9.47 Å². The summed E-state index contributed by atoms with van der Waals surface area (Å²) in [6, 6.07) is 8.32. The van der Waals surface area contributed by atoms with Gasteiger partial charge in [0.2, 0.25) is 5.88 Å². The zero-order valence-electron chi connectivity index (χ0n) is 11.1. The summed E-state index contributed by atoms with van der Waals surface area (Å²) in [5, 5.41) is 3.25. The number of aromatic nitrogens is 1. The van der Waals surface area contributed by atoms with Crippen molar-refractivity contribution in [3.05, 3.63) is 47.9 Å². The van der Waals surface area contributed by atoms with E-state index in [2.05, 4.69) is 10.3 Å². The van der Waals surface area contributed by atoms with Gasteiger partial charge in [0.25, 0.3) is 0 Å². The molecule has 1 aromatic carbocycles. The molecule has 0 saturated heterocycles. The van der Waals surface area contributed by atoms with E-state index in [0.717, 1.165) is 17.0 Å². The van der Waals surface area contributed by atoms with Crippen LogP contribution in [0.15, 0.2) is 36.5 Å². The van der Waals surface area contributed by atoms with E-state index in [9.17, 15) is 4.39 Å². The Labute approximate surface area is 116 Å². The summed E-state index contributed by atoms with van der Waals surface area (Å²) in [5.41, 5.74) is 1.82. The summed E-state index contributed by atoms with van der Waals surface area (Å²) in [6.07, 6.45) is 2.43. The van der Waals surface area contributed by atoms with Gasteiger partial charge in [-0.2, -0.15) is 0 Å². The van der Waals surface area contributed by atoms with Gasteiger partial charge in [0.05, 0.1) is 25.5 Å². The molecule has 0 saturated carbocycles. The molecule has 0 fully saturated rings. The van der Waals surface area contributed by atoms with E-state index >= 15 is 0 Å². The Balaban J connectivity index is 1.58. The number of benzene rings is 1. The van der Waals surface area contributed by atoms with Gasteiger partial charge >= 0.3 is 0 Å². The topological polar surface area (TPSA) is 43.4 Å². The maximum Gasteiger partial charge on any atom is 0.213 e. The molecule has 20 heavy (non-hydrogen) atoms. The number of halogens is 1.